The van der Waals surface area contributed by atoms with Crippen molar-refractivity contribution in [3.63, 3.8) is 0 Å². The van der Waals surface area contributed by atoms with Crippen LogP contribution in [0.5, 0.6) is 0 Å². The smallest absolute Gasteiger partial charge is 0.475 e. The number of benzene rings is 3. The predicted octanol–water partition coefficient (Wildman–Crippen LogP) is 5.30. The van der Waals surface area contributed by atoms with Crippen LogP contribution in [0.1, 0.15) is 29.0 Å². The number of aryl methyl sites for hydroxylation is 1. The van der Waals surface area contributed by atoms with E-state index in [1.165, 1.54) is 16.8 Å². The number of H-pyrrole nitrogens is 1. The molecule has 1 saturated carbocycles. The SMILES string of the molecule is Cc1ccc2c(c1)[C@@]1(C[C@H]1c1ccc3c(-c4ccc(N5CCN(C)CC5)cc4)n[nH]c3c1)C(=O)N2.O=C(O)C(F)(F)F. The third-order valence-electron chi connectivity index (χ3n) is 8.51. The average molecular weight is 578 g/mol. The van der Waals surface area contributed by atoms with Crippen LogP contribution in [-0.4, -0.2) is 71.5 Å². The first kappa shape index (κ1) is 27.8. The first-order valence-electron chi connectivity index (χ1n) is 13.7. The number of likely N-dealkylation sites (N-methyl/N-ethyl adjacent to an activating group) is 1. The Morgan fingerprint density at radius 2 is 1.71 bits per heavy atom. The van der Waals surface area contributed by atoms with Gasteiger partial charge < -0.3 is 20.2 Å². The lowest BCUT2D eigenvalue weighted by Crippen LogP contribution is -2.44. The van der Waals surface area contributed by atoms with Crippen molar-refractivity contribution in [1.29, 1.82) is 0 Å². The number of carbonyl (C=O) groups is 2. The average Bonchev–Trinajstić information content (AvgIpc) is 3.49. The van der Waals surface area contributed by atoms with Crippen LogP contribution >= 0.6 is 0 Å². The van der Waals surface area contributed by atoms with E-state index in [1.54, 1.807) is 0 Å². The minimum Gasteiger partial charge on any atom is -0.475 e. The third kappa shape index (κ3) is 4.87. The number of nitrogens with zero attached hydrogens (tertiary/aromatic N) is 3. The van der Waals surface area contributed by atoms with Gasteiger partial charge in [0.25, 0.3) is 0 Å². The molecular formula is C31H30F3N5O3. The van der Waals surface area contributed by atoms with Gasteiger partial charge in [-0.15, -0.1) is 0 Å². The first-order chi connectivity index (χ1) is 20.0. The van der Waals surface area contributed by atoms with Crippen LogP contribution in [-0.2, 0) is 15.0 Å². The molecule has 0 radical (unpaired) electrons. The molecule has 8 nitrogen and oxygen atoms in total. The number of aliphatic carboxylic acids is 1. The Morgan fingerprint density at radius 1 is 1.02 bits per heavy atom. The largest absolute Gasteiger partial charge is 0.490 e. The summed E-state index contributed by atoms with van der Waals surface area (Å²) in [7, 11) is 2.18. The highest BCUT2D eigenvalue weighted by atomic mass is 19.4. The Kier molecular flexibility index (Phi) is 6.72. The lowest BCUT2D eigenvalue weighted by atomic mass is 9.91. The van der Waals surface area contributed by atoms with E-state index in [4.69, 9.17) is 9.90 Å². The zero-order valence-electron chi connectivity index (χ0n) is 23.1. The summed E-state index contributed by atoms with van der Waals surface area (Å²) in [5, 5.41) is 19.3. The molecule has 7 rings (SSSR count). The lowest BCUT2D eigenvalue weighted by molar-refractivity contribution is -0.192. The molecule has 1 aromatic heterocycles. The fourth-order valence-corrected chi connectivity index (χ4v) is 6.08. The highest BCUT2D eigenvalue weighted by Gasteiger charge is 2.65. The summed E-state index contributed by atoms with van der Waals surface area (Å²) in [4.78, 5) is 26.7. The van der Waals surface area contributed by atoms with Gasteiger partial charge in [-0.3, -0.25) is 9.89 Å². The number of halogens is 3. The summed E-state index contributed by atoms with van der Waals surface area (Å²) in [5.41, 5.74) is 8.47. The molecule has 218 valence electrons. The van der Waals surface area contributed by atoms with Gasteiger partial charge in [0.1, 0.15) is 0 Å². The minimum atomic E-state index is -5.08. The van der Waals surface area contributed by atoms with Gasteiger partial charge in [0.05, 0.1) is 16.6 Å². The number of carboxylic acids is 1. The van der Waals surface area contributed by atoms with Crippen molar-refractivity contribution in [2.24, 2.45) is 0 Å². The predicted molar refractivity (Wildman–Crippen MR) is 154 cm³/mol. The summed E-state index contributed by atoms with van der Waals surface area (Å²) in [6.07, 6.45) is -4.23. The standard InChI is InChI=1S/C29H29N5O.C2HF3O2/c1-18-3-10-25-23(15-18)29(28(35)30-25)17-24(29)20-6-9-22-26(16-20)31-32-27(22)19-4-7-21(8-5-19)34-13-11-33(2)12-14-34;3-2(4,5)1(6)7/h3-10,15-16,24H,11-14,17H2,1-2H3,(H,30,35)(H,31,32);(H,6,7)/t24-,29+;/m0./s1. The third-order valence-corrected chi connectivity index (χ3v) is 8.51. The minimum absolute atomic E-state index is 0.133. The van der Waals surface area contributed by atoms with Crippen molar-refractivity contribution >= 4 is 34.2 Å². The van der Waals surface area contributed by atoms with Crippen molar-refractivity contribution < 1.29 is 27.9 Å². The quantitative estimate of drug-likeness (QED) is 0.306. The Balaban J connectivity index is 0.000000405. The molecule has 1 amide bonds. The fourth-order valence-electron chi connectivity index (χ4n) is 6.08. The second-order valence-corrected chi connectivity index (χ2v) is 11.2. The highest BCUT2D eigenvalue weighted by molar-refractivity contribution is 6.10. The van der Waals surface area contributed by atoms with Crippen molar-refractivity contribution in [2.75, 3.05) is 43.4 Å². The zero-order valence-corrected chi connectivity index (χ0v) is 23.1. The number of hydrogen-bond acceptors (Lipinski definition) is 5. The maximum absolute atomic E-state index is 13.0. The van der Waals surface area contributed by atoms with Gasteiger partial charge in [-0.05, 0) is 55.8 Å². The second-order valence-electron chi connectivity index (χ2n) is 11.2. The van der Waals surface area contributed by atoms with Crippen molar-refractivity contribution in [3.05, 3.63) is 77.4 Å². The number of aromatic amines is 1. The molecule has 0 unspecified atom stereocenters. The summed E-state index contributed by atoms with van der Waals surface area (Å²) >= 11 is 0. The molecule has 2 fully saturated rings. The van der Waals surface area contributed by atoms with Crippen LogP contribution in [0.4, 0.5) is 24.5 Å². The number of amides is 1. The van der Waals surface area contributed by atoms with E-state index in [1.807, 2.05) is 6.07 Å². The van der Waals surface area contributed by atoms with E-state index < -0.39 is 17.6 Å². The van der Waals surface area contributed by atoms with E-state index in [0.717, 1.165) is 66.0 Å². The van der Waals surface area contributed by atoms with Gasteiger partial charge in [0, 0.05) is 54.4 Å². The van der Waals surface area contributed by atoms with Crippen molar-refractivity contribution in [1.82, 2.24) is 15.1 Å². The molecule has 42 heavy (non-hydrogen) atoms. The number of aromatic nitrogens is 2. The van der Waals surface area contributed by atoms with E-state index in [-0.39, 0.29) is 11.8 Å². The highest BCUT2D eigenvalue weighted by Crippen LogP contribution is 2.65. The number of piperazine rings is 1. The summed E-state index contributed by atoms with van der Waals surface area (Å²) < 4.78 is 31.7. The molecular weight excluding hydrogens is 547 g/mol. The Labute approximate surface area is 240 Å². The number of carbonyl (C=O) groups excluding carboxylic acids is 1. The first-order valence-corrected chi connectivity index (χ1v) is 13.7. The topological polar surface area (TPSA) is 102 Å². The van der Waals surface area contributed by atoms with Crippen LogP contribution < -0.4 is 10.2 Å². The molecule has 1 spiro atoms. The molecule has 2 atom stereocenters. The van der Waals surface area contributed by atoms with Crippen molar-refractivity contribution in [3.8, 4) is 11.3 Å². The van der Waals surface area contributed by atoms with Gasteiger partial charge in [0.15, 0.2) is 0 Å². The molecule has 0 bridgehead atoms. The van der Waals surface area contributed by atoms with E-state index >= 15 is 0 Å². The van der Waals surface area contributed by atoms with Crippen LogP contribution in [0.15, 0.2) is 60.7 Å². The molecule has 3 aliphatic rings. The van der Waals surface area contributed by atoms with Gasteiger partial charge in [0.2, 0.25) is 5.91 Å². The lowest BCUT2D eigenvalue weighted by Gasteiger charge is -2.34. The summed E-state index contributed by atoms with van der Waals surface area (Å²) in [5.74, 6) is -2.42. The van der Waals surface area contributed by atoms with Gasteiger partial charge in [-0.25, -0.2) is 4.79 Å². The Bertz CT molecular complexity index is 1680. The normalized spacial score (nSPS) is 21.6. The van der Waals surface area contributed by atoms with Crippen molar-refractivity contribution in [2.45, 2.75) is 30.9 Å². The van der Waals surface area contributed by atoms with E-state index in [0.29, 0.717) is 0 Å². The number of hydrogen-bond donors (Lipinski definition) is 3. The molecule has 2 aliphatic heterocycles. The van der Waals surface area contributed by atoms with Crippen LogP contribution in [0.25, 0.3) is 22.2 Å². The summed E-state index contributed by atoms with van der Waals surface area (Å²) in [6.45, 7) is 6.42. The van der Waals surface area contributed by atoms with E-state index in [2.05, 4.69) is 93.9 Å². The molecule has 1 saturated heterocycles. The number of rotatable bonds is 3. The Morgan fingerprint density at radius 3 is 2.38 bits per heavy atom. The van der Waals surface area contributed by atoms with Crippen LogP contribution in [0.3, 0.4) is 0 Å². The molecule has 3 N–H and O–H groups in total. The van der Waals surface area contributed by atoms with Crippen LogP contribution in [0, 0.1) is 6.92 Å². The van der Waals surface area contributed by atoms with Gasteiger partial charge in [-0.1, -0.05) is 42.0 Å². The maximum atomic E-state index is 13.0. The van der Waals surface area contributed by atoms with Gasteiger partial charge in [-0.2, -0.15) is 18.3 Å². The maximum Gasteiger partial charge on any atom is 0.490 e. The fraction of sp³-hybridized carbons (Fsp3) is 0.323. The molecule has 1 aliphatic carbocycles. The molecule has 3 heterocycles. The number of alkyl halides is 3. The number of anilines is 2. The zero-order chi connectivity index (χ0) is 29.8. The van der Waals surface area contributed by atoms with Crippen LogP contribution in [0.2, 0.25) is 0 Å². The second kappa shape index (κ2) is 10.2. The molecule has 4 aromatic rings. The number of fused-ring (bicyclic) bond motifs is 3. The Hall–Kier alpha value is -4.38. The number of nitrogens with one attached hydrogen (secondary N) is 2. The summed E-state index contributed by atoms with van der Waals surface area (Å²) in [6, 6.07) is 21.6. The monoisotopic (exact) mass is 577 g/mol. The van der Waals surface area contributed by atoms with Gasteiger partial charge >= 0.3 is 12.1 Å². The molecule has 11 heteroatoms. The van der Waals surface area contributed by atoms with E-state index in [9.17, 15) is 18.0 Å². The number of carboxylic acid groups (broad SMARTS) is 1. The molecule has 3 aromatic carbocycles.